The van der Waals surface area contributed by atoms with Gasteiger partial charge < -0.3 is 9.48 Å². The molecule has 0 spiro atoms. The van der Waals surface area contributed by atoms with Crippen LogP contribution in [0.5, 0.6) is 0 Å². The van der Waals surface area contributed by atoms with E-state index < -0.39 is 0 Å². The minimum Gasteiger partial charge on any atom is -0.310 e. The Bertz CT molecular complexity index is 359. The van der Waals surface area contributed by atoms with Gasteiger partial charge in [0, 0.05) is 6.04 Å². The van der Waals surface area contributed by atoms with Gasteiger partial charge >= 0.3 is 0 Å². The Morgan fingerprint density at radius 1 is 1.44 bits per heavy atom. The number of rotatable bonds is 2. The smallest absolute Gasteiger partial charge is 0.121 e. The zero-order valence-electron chi connectivity index (χ0n) is 9.78. The molecule has 2 nitrogen and oxygen atoms in total. The molecular weight excluding hydrogens is 196 g/mol. The molecule has 0 aromatic rings. The molecule has 3 rings (SSSR count). The second-order valence-corrected chi connectivity index (χ2v) is 4.91. The second-order valence-electron chi connectivity index (χ2n) is 4.91. The molecular formula is C14H19N2-. The predicted octanol–water partition coefficient (Wildman–Crippen LogP) is 1.80. The first-order valence-electron chi connectivity index (χ1n) is 6.26. The van der Waals surface area contributed by atoms with Gasteiger partial charge in [-0.3, -0.25) is 0 Å². The Balaban J connectivity index is 1.77. The lowest BCUT2D eigenvalue weighted by atomic mass is 9.93. The van der Waals surface area contributed by atoms with Crippen LogP contribution in [0.3, 0.4) is 0 Å². The summed E-state index contributed by atoms with van der Waals surface area (Å²) >= 11 is 0. The van der Waals surface area contributed by atoms with Gasteiger partial charge in [0.1, 0.15) is 6.54 Å². The number of fused-ring (bicyclic) bond motifs is 1. The minimum atomic E-state index is 1.08. The molecule has 3 aliphatic rings. The predicted molar refractivity (Wildman–Crippen MR) is 66.2 cm³/mol. The van der Waals surface area contributed by atoms with Crippen LogP contribution < -0.4 is 0 Å². The van der Waals surface area contributed by atoms with Gasteiger partial charge in [0.05, 0.1) is 6.72 Å². The van der Waals surface area contributed by atoms with Gasteiger partial charge in [-0.15, -0.1) is 0 Å². The largest absolute Gasteiger partial charge is 0.310 e. The summed E-state index contributed by atoms with van der Waals surface area (Å²) < 4.78 is 2.13. The Kier molecular flexibility index (Phi) is 2.52. The van der Waals surface area contributed by atoms with Crippen molar-refractivity contribution in [2.24, 2.45) is 0 Å². The molecule has 86 valence electrons. The highest BCUT2D eigenvalue weighted by Crippen LogP contribution is 2.34. The monoisotopic (exact) mass is 215 g/mol. The normalized spacial score (nSPS) is 25.2. The lowest BCUT2D eigenvalue weighted by Gasteiger charge is -2.33. The molecule has 2 aliphatic heterocycles. The number of hydrogen-bond donors (Lipinski definition) is 0. The van der Waals surface area contributed by atoms with Gasteiger partial charge in [-0.2, -0.15) is 11.6 Å². The van der Waals surface area contributed by atoms with E-state index in [1.165, 1.54) is 49.5 Å². The summed E-state index contributed by atoms with van der Waals surface area (Å²) in [4.78, 5) is 2.57. The maximum absolute atomic E-state index is 4.07. The molecule has 0 amide bonds. The molecule has 2 fully saturated rings. The zero-order valence-corrected chi connectivity index (χ0v) is 9.78. The van der Waals surface area contributed by atoms with Gasteiger partial charge in [-0.25, -0.2) is 18.1 Å². The molecule has 0 unspecified atom stereocenters. The third-order valence-electron chi connectivity index (χ3n) is 3.81. The molecule has 0 aromatic carbocycles. The Morgan fingerprint density at radius 3 is 3.06 bits per heavy atom. The van der Waals surface area contributed by atoms with Crippen molar-refractivity contribution < 1.29 is 4.58 Å². The van der Waals surface area contributed by atoms with Gasteiger partial charge in [-0.05, 0) is 38.9 Å². The van der Waals surface area contributed by atoms with E-state index in [-0.39, 0.29) is 0 Å². The van der Waals surface area contributed by atoms with Gasteiger partial charge in [0.15, 0.2) is 0 Å². The molecule has 2 heteroatoms. The minimum absolute atomic E-state index is 1.08. The summed E-state index contributed by atoms with van der Waals surface area (Å²) in [7, 11) is 0. The van der Waals surface area contributed by atoms with E-state index in [2.05, 4.69) is 34.8 Å². The molecule has 0 bridgehead atoms. The standard InChI is InChI=1S/C14H19N2/c1-15-10-7-13-12(5-4-6-14(13)15)11-16-8-2-3-9-16/h4-6H,1-3,7-11H2/q-1. The van der Waals surface area contributed by atoms with E-state index in [9.17, 15) is 0 Å². The SMILES string of the molecule is C=[N+]1CCC2=C(CN3CCCC3)[CH-]C=C[C-]21. The van der Waals surface area contributed by atoms with Crippen molar-refractivity contribution in [2.75, 3.05) is 26.2 Å². The molecule has 2 heterocycles. The summed E-state index contributed by atoms with van der Waals surface area (Å²) in [5.41, 5.74) is 3.05. The van der Waals surface area contributed by atoms with Crippen LogP contribution in [-0.2, 0) is 0 Å². The quantitative estimate of drug-likeness (QED) is 0.503. The average Bonchev–Trinajstić information content (AvgIpc) is 2.90. The van der Waals surface area contributed by atoms with Crippen molar-refractivity contribution in [3.63, 3.8) is 0 Å². The molecule has 0 atom stereocenters. The highest BCUT2D eigenvalue weighted by molar-refractivity contribution is 5.47. The van der Waals surface area contributed by atoms with Crippen molar-refractivity contribution >= 4 is 6.72 Å². The molecule has 2 saturated heterocycles. The summed E-state index contributed by atoms with van der Waals surface area (Å²) in [6.07, 6.45) is 10.6. The highest BCUT2D eigenvalue weighted by Gasteiger charge is 2.21. The van der Waals surface area contributed by atoms with Crippen molar-refractivity contribution in [1.29, 1.82) is 0 Å². The summed E-state index contributed by atoms with van der Waals surface area (Å²) in [6.45, 7) is 8.83. The van der Waals surface area contributed by atoms with Crippen LogP contribution in [0.2, 0.25) is 0 Å². The first-order valence-corrected chi connectivity index (χ1v) is 6.26. The van der Waals surface area contributed by atoms with E-state index in [0.717, 1.165) is 13.1 Å². The number of nitrogens with zero attached hydrogens (tertiary/aromatic N) is 2. The summed E-state index contributed by atoms with van der Waals surface area (Å²) in [5, 5.41) is 0. The fourth-order valence-corrected chi connectivity index (χ4v) is 2.90. The Morgan fingerprint density at radius 2 is 2.25 bits per heavy atom. The maximum atomic E-state index is 4.07. The molecule has 0 N–H and O–H groups in total. The number of hydrogen-bond acceptors (Lipinski definition) is 1. The topological polar surface area (TPSA) is 6.25 Å². The first kappa shape index (κ1) is 10.0. The van der Waals surface area contributed by atoms with Crippen LogP contribution in [0, 0.1) is 12.5 Å². The lowest BCUT2D eigenvalue weighted by molar-refractivity contribution is -0.475. The third-order valence-corrected chi connectivity index (χ3v) is 3.81. The molecule has 0 aromatic heterocycles. The Hall–Kier alpha value is -1.15. The summed E-state index contributed by atoms with van der Waals surface area (Å²) in [5.74, 6) is 0. The third kappa shape index (κ3) is 1.67. The Labute approximate surface area is 98.0 Å². The molecule has 0 saturated carbocycles. The fraction of sp³-hybridized carbons (Fsp3) is 0.500. The maximum Gasteiger partial charge on any atom is 0.121 e. The van der Waals surface area contributed by atoms with E-state index >= 15 is 0 Å². The lowest BCUT2D eigenvalue weighted by Crippen LogP contribution is -2.24. The van der Waals surface area contributed by atoms with E-state index in [0.29, 0.717) is 0 Å². The van der Waals surface area contributed by atoms with Crippen LogP contribution in [0.4, 0.5) is 0 Å². The van der Waals surface area contributed by atoms with Crippen LogP contribution in [-0.4, -0.2) is 42.4 Å². The number of likely N-dealkylation sites (tertiary alicyclic amines) is 1. The van der Waals surface area contributed by atoms with Crippen molar-refractivity contribution in [1.82, 2.24) is 4.90 Å². The van der Waals surface area contributed by atoms with Gasteiger partial charge in [0.25, 0.3) is 0 Å². The van der Waals surface area contributed by atoms with Crippen LogP contribution >= 0.6 is 0 Å². The average molecular weight is 215 g/mol. The molecule has 0 radical (unpaired) electrons. The van der Waals surface area contributed by atoms with E-state index in [4.69, 9.17) is 0 Å². The zero-order chi connectivity index (χ0) is 11.0. The number of allylic oxidation sites excluding steroid dienone is 1. The second kappa shape index (κ2) is 4.02. The van der Waals surface area contributed by atoms with Crippen molar-refractivity contribution in [3.8, 4) is 0 Å². The first-order chi connectivity index (χ1) is 7.84. The van der Waals surface area contributed by atoms with E-state index in [1.54, 1.807) is 0 Å². The van der Waals surface area contributed by atoms with Crippen LogP contribution in [0.1, 0.15) is 19.3 Å². The fourth-order valence-electron chi connectivity index (χ4n) is 2.90. The van der Waals surface area contributed by atoms with Crippen LogP contribution in [0.15, 0.2) is 23.3 Å². The van der Waals surface area contributed by atoms with E-state index in [1.807, 2.05) is 0 Å². The van der Waals surface area contributed by atoms with Gasteiger partial charge in [0.2, 0.25) is 0 Å². The van der Waals surface area contributed by atoms with Gasteiger partial charge in [-0.1, -0.05) is 0 Å². The summed E-state index contributed by atoms with van der Waals surface area (Å²) in [6, 6.07) is 1.34. The van der Waals surface area contributed by atoms with Crippen molar-refractivity contribution in [3.05, 3.63) is 35.8 Å². The highest BCUT2D eigenvalue weighted by atomic mass is 15.1. The molecule has 16 heavy (non-hydrogen) atoms. The van der Waals surface area contributed by atoms with Crippen molar-refractivity contribution in [2.45, 2.75) is 19.3 Å². The molecule has 1 aliphatic carbocycles. The van der Waals surface area contributed by atoms with Crippen LogP contribution in [0.25, 0.3) is 0 Å².